The van der Waals surface area contributed by atoms with Gasteiger partial charge in [-0.2, -0.15) is 0 Å². The molecule has 4 atom stereocenters. The monoisotopic (exact) mass is 856 g/mol. The Morgan fingerprint density at radius 2 is 1.20 bits per heavy atom. The Kier molecular flexibility index (Phi) is 18.0. The standard InChI is InChI=1S/C21H34N2O3S.C18H28N2.C3H7ClOS3/c1-4-5-6-7-11-23-15-19-20(16-23)21(19,2)17-9-8-10-18(14-17)22-27(24,25)13-12-26-3;1-3-4-5-6-10-20-12-16-17(13-20)18(16,2)14-8-7-9-15(19)11-14;1-5-2-3-8(4,6)7/h8-10,14,19-20,22H,4-7,11-13,15-16H2,1-3H3;7-9,11,16-17H,3-6,10,12-13,19H2,1-2H3;2-3H2,1H3. The minimum absolute atomic E-state index is 0.0246. The van der Waals surface area contributed by atoms with Gasteiger partial charge in [0.25, 0.3) is 0 Å². The van der Waals surface area contributed by atoms with Crippen LogP contribution >= 0.6 is 10.7 Å². The number of nitrogens with one attached hydrogen (secondary N) is 1. The Morgan fingerprint density at radius 3 is 1.62 bits per heavy atom. The average molecular weight is 858 g/mol. The van der Waals surface area contributed by atoms with E-state index in [1.807, 2.05) is 24.3 Å². The lowest BCUT2D eigenvalue weighted by Crippen LogP contribution is -2.30. The van der Waals surface area contributed by atoms with E-state index in [-0.39, 0.29) is 17.8 Å². The van der Waals surface area contributed by atoms with Crippen molar-refractivity contribution in [1.29, 1.82) is 0 Å². The maximum atomic E-state index is 12.1. The second kappa shape index (κ2) is 21.3. The van der Waals surface area contributed by atoms with Crippen molar-refractivity contribution >= 4 is 60.8 Å². The van der Waals surface area contributed by atoms with Crippen LogP contribution in [-0.4, -0.2) is 96.4 Å². The van der Waals surface area contributed by atoms with E-state index in [0.29, 0.717) is 35.3 Å². The van der Waals surface area contributed by atoms with E-state index in [2.05, 4.69) is 66.5 Å². The molecule has 2 saturated carbocycles. The lowest BCUT2D eigenvalue weighted by Gasteiger charge is -2.24. The van der Waals surface area contributed by atoms with Gasteiger partial charge in [-0.3, -0.25) is 4.72 Å². The molecule has 55 heavy (non-hydrogen) atoms. The number of likely N-dealkylation sites (tertiary alicyclic amines) is 2. The second-order valence-corrected chi connectivity index (χ2v) is 26.5. The molecule has 2 aliphatic heterocycles. The third-order valence-electron chi connectivity index (χ3n) is 12.7. The number of unbranched alkanes of at least 4 members (excludes halogenated alkanes) is 6. The maximum absolute atomic E-state index is 12.1. The highest BCUT2D eigenvalue weighted by molar-refractivity contribution is 8.67. The highest BCUT2D eigenvalue weighted by Crippen LogP contribution is 2.64. The highest BCUT2D eigenvalue weighted by Gasteiger charge is 2.66. The number of nitrogens with two attached hydrogens (primary N) is 1. The quantitative estimate of drug-likeness (QED) is 0.0781. The molecule has 2 aromatic rings. The molecule has 13 heteroatoms. The second-order valence-electron chi connectivity index (χ2n) is 16.5. The van der Waals surface area contributed by atoms with Gasteiger partial charge < -0.3 is 25.0 Å². The van der Waals surface area contributed by atoms with Gasteiger partial charge in [0.1, 0.15) is 0 Å². The number of ether oxygens (including phenoxy) is 2. The number of rotatable bonds is 20. The number of fused-ring (bicyclic) bond motifs is 2. The molecule has 0 aromatic heterocycles. The molecule has 0 spiro atoms. The van der Waals surface area contributed by atoms with Crippen LogP contribution in [0.4, 0.5) is 11.4 Å². The van der Waals surface area contributed by atoms with Gasteiger partial charge in [0.2, 0.25) is 10.0 Å². The maximum Gasteiger partial charge on any atom is 0.234 e. The molecular formula is C42H69ClN4O4S4. The fourth-order valence-corrected chi connectivity index (χ4v) is 11.0. The molecule has 4 aliphatic rings. The molecule has 2 saturated heterocycles. The Balaban J connectivity index is 0.000000210. The molecule has 2 aromatic carbocycles. The molecule has 0 amide bonds. The van der Waals surface area contributed by atoms with Gasteiger partial charge >= 0.3 is 0 Å². The van der Waals surface area contributed by atoms with Crippen LogP contribution in [-0.2, 0) is 59.1 Å². The van der Waals surface area contributed by atoms with E-state index in [0.717, 1.165) is 17.5 Å². The SMILES string of the molecule is CCCCCCN1CC2C(C1)C2(C)c1cccc(N)c1.CCCCCCN1CC2C(C1)C2(C)c1cccc(NS(=O)(=O)CCOC)c1.COCCS(=S)(=S)Cl. The van der Waals surface area contributed by atoms with E-state index in [1.165, 1.54) is 109 Å². The van der Waals surface area contributed by atoms with Crippen molar-refractivity contribution in [1.82, 2.24) is 9.80 Å². The predicted octanol–water partition coefficient (Wildman–Crippen LogP) is 8.01. The Hall–Kier alpha value is -1.09. The zero-order chi connectivity index (χ0) is 40.3. The van der Waals surface area contributed by atoms with Crippen molar-refractivity contribution in [3.05, 3.63) is 59.7 Å². The van der Waals surface area contributed by atoms with Crippen LogP contribution in [0.2, 0.25) is 0 Å². The number of halogens is 1. The third kappa shape index (κ3) is 13.2. The van der Waals surface area contributed by atoms with Crippen molar-refractivity contribution in [3.8, 4) is 0 Å². The first-order valence-corrected chi connectivity index (χ1v) is 26.6. The zero-order valence-corrected chi connectivity index (χ0v) is 38.3. The summed E-state index contributed by atoms with van der Waals surface area (Å²) in [5, 5.41) is 0. The van der Waals surface area contributed by atoms with Gasteiger partial charge in [-0.05, 0) is 124 Å². The number of hydrogen-bond donors (Lipinski definition) is 2. The molecule has 4 unspecified atom stereocenters. The molecule has 6 rings (SSSR count). The summed E-state index contributed by atoms with van der Waals surface area (Å²) in [4.78, 5) is 5.29. The molecule has 2 aliphatic carbocycles. The molecule has 2 heterocycles. The highest BCUT2D eigenvalue weighted by atomic mass is 35.8. The smallest absolute Gasteiger partial charge is 0.234 e. The van der Waals surface area contributed by atoms with Crippen LogP contribution < -0.4 is 10.5 Å². The van der Waals surface area contributed by atoms with Crippen LogP contribution in [0.15, 0.2) is 48.5 Å². The Bertz CT molecular complexity index is 1690. The van der Waals surface area contributed by atoms with Gasteiger partial charge in [0.15, 0.2) is 0 Å². The lowest BCUT2D eigenvalue weighted by molar-refractivity contribution is 0.217. The lowest BCUT2D eigenvalue weighted by atomic mass is 9.92. The van der Waals surface area contributed by atoms with E-state index >= 15 is 0 Å². The van der Waals surface area contributed by atoms with E-state index in [9.17, 15) is 8.42 Å². The summed E-state index contributed by atoms with van der Waals surface area (Å²) in [5.74, 6) is 3.71. The minimum Gasteiger partial charge on any atom is -0.399 e. The van der Waals surface area contributed by atoms with Crippen molar-refractivity contribution in [2.75, 3.05) is 88.7 Å². The molecule has 312 valence electrons. The summed E-state index contributed by atoms with van der Waals surface area (Å²) >= 11 is 9.47. The molecule has 8 nitrogen and oxygen atoms in total. The van der Waals surface area contributed by atoms with Crippen molar-refractivity contribution in [3.63, 3.8) is 0 Å². The van der Waals surface area contributed by atoms with Crippen molar-refractivity contribution in [2.45, 2.75) is 89.9 Å². The summed E-state index contributed by atoms with van der Waals surface area (Å²) < 4.78 is 36.5. The minimum atomic E-state index is -3.36. The van der Waals surface area contributed by atoms with Gasteiger partial charge in [-0.15, -0.1) is 0 Å². The van der Waals surface area contributed by atoms with E-state index in [1.54, 1.807) is 7.11 Å². The first-order valence-electron chi connectivity index (χ1n) is 20.4. The summed E-state index contributed by atoms with van der Waals surface area (Å²) in [5.41, 5.74) is 10.8. The fraction of sp³-hybridized carbons (Fsp3) is 0.714. The van der Waals surface area contributed by atoms with Crippen LogP contribution in [0, 0.1) is 23.7 Å². The number of nitrogens with zero attached hydrogens (tertiary/aromatic N) is 2. The zero-order valence-electron chi connectivity index (χ0n) is 34.3. The van der Waals surface area contributed by atoms with E-state index < -0.39 is 16.4 Å². The largest absolute Gasteiger partial charge is 0.399 e. The van der Waals surface area contributed by atoms with Crippen molar-refractivity contribution in [2.24, 2.45) is 23.7 Å². The summed E-state index contributed by atoms with van der Waals surface area (Å²) in [6.07, 6.45) is 9.10. The molecular weight excluding hydrogens is 788 g/mol. The molecule has 0 radical (unpaired) electrons. The van der Waals surface area contributed by atoms with Crippen LogP contribution in [0.3, 0.4) is 0 Å². The third-order valence-corrected chi connectivity index (χ3v) is 16.0. The Labute approximate surface area is 348 Å². The van der Waals surface area contributed by atoms with Crippen LogP contribution in [0.25, 0.3) is 0 Å². The first-order chi connectivity index (χ1) is 26.1. The topological polar surface area (TPSA) is 97.1 Å². The number of hydrogen-bond acceptors (Lipinski definition) is 9. The number of benzene rings is 2. The molecule has 4 fully saturated rings. The first kappa shape index (κ1) is 46.6. The van der Waals surface area contributed by atoms with Gasteiger partial charge in [0.05, 0.1) is 19.0 Å². The van der Waals surface area contributed by atoms with Crippen LogP contribution in [0.1, 0.15) is 90.2 Å². The predicted molar refractivity (Wildman–Crippen MR) is 241 cm³/mol. The number of sulfonamides is 1. The van der Waals surface area contributed by atoms with Crippen LogP contribution in [0.5, 0.6) is 0 Å². The van der Waals surface area contributed by atoms with Gasteiger partial charge in [-0.25, -0.2) is 8.42 Å². The molecule has 3 N–H and O–H groups in total. The number of nitrogen functional groups attached to an aromatic ring is 1. The number of piperidine rings is 2. The Morgan fingerprint density at radius 1 is 0.745 bits per heavy atom. The van der Waals surface area contributed by atoms with Gasteiger partial charge in [-0.1, -0.05) is 90.5 Å². The fourth-order valence-electron chi connectivity index (χ4n) is 9.07. The van der Waals surface area contributed by atoms with Gasteiger partial charge in [0, 0.05) is 68.4 Å². The normalized spacial score (nSPS) is 27.0. The molecule has 0 bridgehead atoms. The van der Waals surface area contributed by atoms with E-state index in [4.69, 9.17) is 48.3 Å². The summed E-state index contributed by atoms with van der Waals surface area (Å²) in [6.45, 7) is 17.6. The number of anilines is 2. The summed E-state index contributed by atoms with van der Waals surface area (Å²) in [6, 6.07) is 16.5. The number of methoxy groups -OCH3 is 2. The average Bonchev–Trinajstić information content (AvgIpc) is 3.62. The van der Waals surface area contributed by atoms with Crippen molar-refractivity contribution < 1.29 is 17.9 Å². The summed E-state index contributed by atoms with van der Waals surface area (Å²) in [7, 11) is 5.29.